The number of fused-ring (bicyclic) bond motifs is 1. The van der Waals surface area contributed by atoms with E-state index in [0.29, 0.717) is 30.5 Å². The van der Waals surface area contributed by atoms with Crippen LogP contribution in [0.3, 0.4) is 0 Å². The quantitative estimate of drug-likeness (QED) is 0.780. The maximum absolute atomic E-state index is 12.4. The molecular weight excluding hydrogens is 322 g/mol. The number of carbonyl (C=O) groups excluding carboxylic acids is 1. The van der Waals surface area contributed by atoms with Gasteiger partial charge in [-0.1, -0.05) is 0 Å². The number of methoxy groups -OCH3 is 1. The summed E-state index contributed by atoms with van der Waals surface area (Å²) in [6, 6.07) is 7.15. The normalized spacial score (nSPS) is 14.4. The average molecular weight is 343 g/mol. The van der Waals surface area contributed by atoms with Gasteiger partial charge in [0.05, 0.1) is 19.4 Å². The second kappa shape index (κ2) is 7.34. The van der Waals surface area contributed by atoms with Gasteiger partial charge in [0.15, 0.2) is 11.5 Å². The molecule has 1 atom stereocenters. The van der Waals surface area contributed by atoms with Gasteiger partial charge in [0, 0.05) is 13.1 Å². The zero-order chi connectivity index (χ0) is 17.8. The van der Waals surface area contributed by atoms with Crippen LogP contribution in [0.15, 0.2) is 41.0 Å². The smallest absolute Gasteiger partial charge is 0.246 e. The van der Waals surface area contributed by atoms with Crippen molar-refractivity contribution in [1.82, 2.24) is 4.90 Å². The zero-order valence-corrected chi connectivity index (χ0v) is 14.5. The number of hydrogen-bond donors (Lipinski definition) is 0. The summed E-state index contributed by atoms with van der Waals surface area (Å²) in [4.78, 5) is 14.0. The standard InChI is InChI=1S/C19H21NO5/c1-13(15-5-4-8-23-15)20(2)18(21)7-6-14-11-16(22-3)19-17(12-14)24-9-10-25-19/h4-8,11-13H,9-10H2,1-3H3/b7-6+. The lowest BCUT2D eigenvalue weighted by atomic mass is 10.1. The van der Waals surface area contributed by atoms with Gasteiger partial charge in [-0.2, -0.15) is 0 Å². The Kier molecular flexibility index (Phi) is 4.97. The fourth-order valence-corrected chi connectivity index (χ4v) is 2.59. The lowest BCUT2D eigenvalue weighted by molar-refractivity contribution is -0.126. The number of furan rings is 1. The van der Waals surface area contributed by atoms with Crippen molar-refractivity contribution in [3.05, 3.63) is 47.9 Å². The molecule has 2 aromatic rings. The van der Waals surface area contributed by atoms with Crippen molar-refractivity contribution in [3.8, 4) is 17.2 Å². The lowest BCUT2D eigenvalue weighted by Crippen LogP contribution is -2.27. The van der Waals surface area contributed by atoms with Crippen LogP contribution in [0, 0.1) is 0 Å². The molecule has 3 rings (SSSR count). The Morgan fingerprint density at radius 2 is 2.12 bits per heavy atom. The number of carbonyl (C=O) groups is 1. The molecular formula is C19H21NO5. The number of benzene rings is 1. The first-order valence-electron chi connectivity index (χ1n) is 8.06. The Morgan fingerprint density at radius 3 is 2.84 bits per heavy atom. The van der Waals surface area contributed by atoms with E-state index in [1.54, 1.807) is 37.5 Å². The minimum Gasteiger partial charge on any atom is -0.493 e. The third-order valence-corrected chi connectivity index (χ3v) is 4.15. The van der Waals surface area contributed by atoms with Crippen LogP contribution in [-0.4, -0.2) is 38.2 Å². The first kappa shape index (κ1) is 17.0. The Bertz CT molecular complexity index is 749. The molecule has 0 spiro atoms. The minimum atomic E-state index is -0.151. The van der Waals surface area contributed by atoms with Crippen molar-refractivity contribution in [2.75, 3.05) is 27.4 Å². The first-order valence-corrected chi connectivity index (χ1v) is 8.06. The molecule has 0 bridgehead atoms. The highest BCUT2D eigenvalue weighted by atomic mass is 16.6. The van der Waals surface area contributed by atoms with Crippen LogP contribution < -0.4 is 14.2 Å². The van der Waals surface area contributed by atoms with Crippen LogP contribution in [0.1, 0.15) is 24.3 Å². The lowest BCUT2D eigenvalue weighted by Gasteiger charge is -2.22. The number of likely N-dealkylation sites (N-methyl/N-ethyl adjacent to an activating group) is 1. The largest absolute Gasteiger partial charge is 0.493 e. The minimum absolute atomic E-state index is 0.127. The maximum atomic E-state index is 12.4. The summed E-state index contributed by atoms with van der Waals surface area (Å²) in [5.41, 5.74) is 0.800. The van der Waals surface area contributed by atoms with E-state index in [-0.39, 0.29) is 11.9 Å². The highest BCUT2D eigenvalue weighted by Gasteiger charge is 2.19. The van der Waals surface area contributed by atoms with Crippen LogP contribution >= 0.6 is 0 Å². The summed E-state index contributed by atoms with van der Waals surface area (Å²) in [6.45, 7) is 2.90. The van der Waals surface area contributed by atoms with Gasteiger partial charge >= 0.3 is 0 Å². The number of amides is 1. The summed E-state index contributed by atoms with van der Waals surface area (Å²) >= 11 is 0. The van der Waals surface area contributed by atoms with Gasteiger partial charge in [-0.05, 0) is 42.8 Å². The number of rotatable bonds is 5. The Morgan fingerprint density at radius 1 is 1.32 bits per heavy atom. The van der Waals surface area contributed by atoms with Gasteiger partial charge in [-0.3, -0.25) is 4.79 Å². The van der Waals surface area contributed by atoms with Crippen molar-refractivity contribution >= 4 is 12.0 Å². The summed E-state index contributed by atoms with van der Waals surface area (Å²) in [7, 11) is 3.31. The molecule has 6 nitrogen and oxygen atoms in total. The highest BCUT2D eigenvalue weighted by Crippen LogP contribution is 2.40. The summed E-state index contributed by atoms with van der Waals surface area (Å²) < 4.78 is 21.9. The van der Waals surface area contributed by atoms with E-state index in [4.69, 9.17) is 18.6 Å². The topological polar surface area (TPSA) is 61.1 Å². The maximum Gasteiger partial charge on any atom is 0.246 e. The van der Waals surface area contributed by atoms with Crippen molar-refractivity contribution < 1.29 is 23.4 Å². The SMILES string of the molecule is COc1cc(/C=C/C(=O)N(C)C(C)c2ccco2)cc2c1OCCO2. The van der Waals surface area contributed by atoms with Crippen molar-refractivity contribution in [2.45, 2.75) is 13.0 Å². The monoisotopic (exact) mass is 343 g/mol. The average Bonchev–Trinajstić information content (AvgIpc) is 3.18. The van der Waals surface area contributed by atoms with Crippen molar-refractivity contribution in [1.29, 1.82) is 0 Å². The zero-order valence-electron chi connectivity index (χ0n) is 14.5. The van der Waals surface area contributed by atoms with Crippen LogP contribution in [0.25, 0.3) is 6.08 Å². The van der Waals surface area contributed by atoms with Gasteiger partial charge in [-0.15, -0.1) is 0 Å². The molecule has 25 heavy (non-hydrogen) atoms. The van der Waals surface area contributed by atoms with Gasteiger partial charge in [0.2, 0.25) is 11.7 Å². The van der Waals surface area contributed by atoms with Gasteiger partial charge in [-0.25, -0.2) is 0 Å². The van der Waals surface area contributed by atoms with Gasteiger partial charge < -0.3 is 23.5 Å². The molecule has 0 radical (unpaired) electrons. The third-order valence-electron chi connectivity index (χ3n) is 4.15. The molecule has 0 saturated carbocycles. The number of ether oxygens (including phenoxy) is 3. The predicted octanol–water partition coefficient (Wildman–Crippen LogP) is 3.29. The fraction of sp³-hybridized carbons (Fsp3) is 0.316. The molecule has 1 unspecified atom stereocenters. The van der Waals surface area contributed by atoms with Gasteiger partial charge in [0.1, 0.15) is 19.0 Å². The first-order chi connectivity index (χ1) is 12.1. The van der Waals surface area contributed by atoms with Gasteiger partial charge in [0.25, 0.3) is 0 Å². The molecule has 6 heteroatoms. The summed E-state index contributed by atoms with van der Waals surface area (Å²) in [5.74, 6) is 2.42. The summed E-state index contributed by atoms with van der Waals surface area (Å²) in [6.07, 6.45) is 4.85. The van der Waals surface area contributed by atoms with Crippen LogP contribution in [0.4, 0.5) is 0 Å². The van der Waals surface area contributed by atoms with Crippen LogP contribution in [0.2, 0.25) is 0 Å². The Balaban J connectivity index is 1.76. The van der Waals surface area contributed by atoms with Crippen LogP contribution in [-0.2, 0) is 4.79 Å². The summed E-state index contributed by atoms with van der Waals surface area (Å²) in [5, 5.41) is 0. The molecule has 0 fully saturated rings. The van der Waals surface area contributed by atoms with E-state index in [9.17, 15) is 4.79 Å². The van der Waals surface area contributed by atoms with E-state index in [0.717, 1.165) is 11.3 Å². The second-order valence-corrected chi connectivity index (χ2v) is 5.72. The Labute approximate surface area is 146 Å². The molecule has 1 aromatic heterocycles. The van der Waals surface area contributed by atoms with E-state index >= 15 is 0 Å². The van der Waals surface area contributed by atoms with Crippen molar-refractivity contribution in [3.63, 3.8) is 0 Å². The predicted molar refractivity (Wildman–Crippen MR) is 92.9 cm³/mol. The highest BCUT2D eigenvalue weighted by molar-refractivity contribution is 5.92. The van der Waals surface area contributed by atoms with E-state index < -0.39 is 0 Å². The van der Waals surface area contributed by atoms with Crippen LogP contribution in [0.5, 0.6) is 17.2 Å². The molecule has 1 aromatic carbocycles. The molecule has 0 N–H and O–H groups in total. The molecule has 2 heterocycles. The molecule has 1 amide bonds. The molecule has 132 valence electrons. The van der Waals surface area contributed by atoms with Crippen molar-refractivity contribution in [2.24, 2.45) is 0 Å². The fourth-order valence-electron chi connectivity index (χ4n) is 2.59. The third kappa shape index (κ3) is 3.63. The molecule has 1 aliphatic heterocycles. The van der Waals surface area contributed by atoms with E-state index in [1.807, 2.05) is 25.1 Å². The molecule has 0 saturated heterocycles. The number of nitrogens with zero attached hydrogens (tertiary/aromatic N) is 1. The Hall–Kier alpha value is -2.89. The second-order valence-electron chi connectivity index (χ2n) is 5.72. The molecule has 1 aliphatic rings. The molecule has 0 aliphatic carbocycles. The number of hydrogen-bond acceptors (Lipinski definition) is 5. The van der Waals surface area contributed by atoms with E-state index in [2.05, 4.69) is 0 Å². The van der Waals surface area contributed by atoms with E-state index in [1.165, 1.54) is 6.08 Å².